The first kappa shape index (κ1) is 23.4. The molecule has 0 spiro atoms. The van der Waals surface area contributed by atoms with Gasteiger partial charge in [0.15, 0.2) is 0 Å². The second kappa shape index (κ2) is 9.04. The van der Waals surface area contributed by atoms with E-state index in [1.54, 1.807) is 6.08 Å². The van der Waals surface area contributed by atoms with Crippen molar-refractivity contribution in [2.45, 2.75) is 6.92 Å². The van der Waals surface area contributed by atoms with Gasteiger partial charge in [0.1, 0.15) is 11.2 Å². The van der Waals surface area contributed by atoms with Gasteiger partial charge in [-0.05, 0) is 48.9 Å². The Kier molecular flexibility index (Phi) is 5.16. The first-order chi connectivity index (χ1) is 20.2. The Hall–Kier alpha value is -5.48. The van der Waals surface area contributed by atoms with Crippen LogP contribution in [0.1, 0.15) is 11.3 Å². The Bertz CT molecular complexity index is 2350. The van der Waals surface area contributed by atoms with Crippen LogP contribution in [0.2, 0.25) is 0 Å². The smallest absolute Gasteiger partial charge is 0.144 e. The molecule has 4 aromatic carbocycles. The van der Waals surface area contributed by atoms with E-state index in [4.69, 9.17) is 14.5 Å². The van der Waals surface area contributed by atoms with Gasteiger partial charge in [0.25, 0.3) is 0 Å². The summed E-state index contributed by atoms with van der Waals surface area (Å²) in [6.45, 7) is 5.87. The number of para-hydroxylation sites is 2. The number of aryl methyl sites for hydroxylation is 1. The highest BCUT2D eigenvalue weighted by Gasteiger charge is 2.17. The molecule has 8 aromatic rings. The van der Waals surface area contributed by atoms with E-state index in [0.717, 1.165) is 82.8 Å². The molecule has 0 aliphatic rings. The molecule has 0 saturated heterocycles. The van der Waals surface area contributed by atoms with Gasteiger partial charge in [-0.25, -0.2) is 9.50 Å². The van der Waals surface area contributed by atoms with Crippen molar-refractivity contribution in [2.75, 3.05) is 0 Å². The third-order valence-corrected chi connectivity index (χ3v) is 7.98. The lowest BCUT2D eigenvalue weighted by atomic mass is 9.96. The number of rotatable bonds is 4. The Morgan fingerprint density at radius 2 is 1.56 bits per heavy atom. The molecule has 0 aliphatic heterocycles. The summed E-state index contributed by atoms with van der Waals surface area (Å²) in [5.41, 5.74) is 10.1. The van der Waals surface area contributed by atoms with Crippen molar-refractivity contribution in [3.63, 3.8) is 0 Å². The van der Waals surface area contributed by atoms with Crippen LogP contribution >= 0.6 is 0 Å². The number of furan rings is 1. The van der Waals surface area contributed by atoms with Crippen molar-refractivity contribution in [1.29, 1.82) is 0 Å². The van der Waals surface area contributed by atoms with Crippen LogP contribution < -0.4 is 0 Å². The maximum Gasteiger partial charge on any atom is 0.144 e. The minimum absolute atomic E-state index is 0.895. The molecule has 0 radical (unpaired) electrons. The molecule has 4 heteroatoms. The fraction of sp³-hybridized carbons (Fsp3) is 0.0270. The number of allylic oxidation sites excluding steroid dienone is 2. The molecule has 8 rings (SSSR count). The van der Waals surface area contributed by atoms with E-state index in [1.165, 1.54) is 0 Å². The lowest BCUT2D eigenvalue weighted by Gasteiger charge is -2.12. The fourth-order valence-electron chi connectivity index (χ4n) is 5.96. The van der Waals surface area contributed by atoms with Crippen LogP contribution in [-0.2, 0) is 0 Å². The van der Waals surface area contributed by atoms with Gasteiger partial charge in [-0.1, -0.05) is 85.5 Å². The predicted molar refractivity (Wildman–Crippen MR) is 170 cm³/mol. The summed E-state index contributed by atoms with van der Waals surface area (Å²) < 4.78 is 8.45. The normalized spacial score (nSPS) is 12.0. The molecule has 0 fully saturated rings. The molecule has 4 nitrogen and oxygen atoms in total. The summed E-state index contributed by atoms with van der Waals surface area (Å²) in [5.74, 6) is 0. The lowest BCUT2D eigenvalue weighted by Crippen LogP contribution is -1.92. The molecule has 0 aliphatic carbocycles. The molecule has 41 heavy (non-hydrogen) atoms. The van der Waals surface area contributed by atoms with Crippen molar-refractivity contribution in [2.24, 2.45) is 0 Å². The largest absolute Gasteiger partial charge is 0.455 e. The van der Waals surface area contributed by atoms with Crippen molar-refractivity contribution >= 4 is 55.2 Å². The topological polar surface area (TPSA) is 43.3 Å². The number of pyridine rings is 2. The highest BCUT2D eigenvalue weighted by atomic mass is 16.3. The second-order valence-corrected chi connectivity index (χ2v) is 10.4. The van der Waals surface area contributed by atoms with Gasteiger partial charge in [-0.15, -0.1) is 0 Å². The number of hydrogen-bond donors (Lipinski definition) is 0. The van der Waals surface area contributed by atoms with E-state index in [0.29, 0.717) is 0 Å². The zero-order chi connectivity index (χ0) is 27.5. The molecule has 0 amide bonds. The Balaban J connectivity index is 1.34. The lowest BCUT2D eigenvalue weighted by molar-refractivity contribution is 0.673. The van der Waals surface area contributed by atoms with Crippen molar-refractivity contribution < 1.29 is 4.42 Å². The van der Waals surface area contributed by atoms with Crippen molar-refractivity contribution in [1.82, 2.24) is 14.6 Å². The first-order valence-corrected chi connectivity index (χ1v) is 13.7. The van der Waals surface area contributed by atoms with Gasteiger partial charge >= 0.3 is 0 Å². The van der Waals surface area contributed by atoms with Crippen molar-refractivity contribution in [3.8, 4) is 22.4 Å². The summed E-state index contributed by atoms with van der Waals surface area (Å²) in [6.07, 6.45) is 7.77. The van der Waals surface area contributed by atoms with Gasteiger partial charge < -0.3 is 4.42 Å². The van der Waals surface area contributed by atoms with Gasteiger partial charge in [0.05, 0.1) is 22.4 Å². The quantitative estimate of drug-likeness (QED) is 0.169. The Labute approximate surface area is 236 Å². The molecule has 0 unspecified atom stereocenters. The van der Waals surface area contributed by atoms with E-state index in [1.807, 2.05) is 34.9 Å². The van der Waals surface area contributed by atoms with Crippen LogP contribution in [0.3, 0.4) is 0 Å². The number of nitrogens with zero attached hydrogens (tertiary/aromatic N) is 3. The van der Waals surface area contributed by atoms with Gasteiger partial charge in [-0.2, -0.15) is 5.10 Å². The zero-order valence-electron chi connectivity index (χ0n) is 22.5. The highest BCUT2D eigenvalue weighted by molar-refractivity contribution is 6.24. The first-order valence-electron chi connectivity index (χ1n) is 13.7. The second-order valence-electron chi connectivity index (χ2n) is 10.4. The van der Waals surface area contributed by atoms with E-state index in [-0.39, 0.29) is 0 Å². The molecule has 4 aromatic heterocycles. The summed E-state index contributed by atoms with van der Waals surface area (Å²) in [5, 5.41) is 10.3. The van der Waals surface area contributed by atoms with Crippen LogP contribution in [0, 0.1) is 6.92 Å². The third kappa shape index (κ3) is 3.61. The number of benzene rings is 4. The van der Waals surface area contributed by atoms with Crippen molar-refractivity contribution in [3.05, 3.63) is 133 Å². The van der Waals surface area contributed by atoms with Crippen LogP contribution in [0.25, 0.3) is 77.6 Å². The molecule has 0 N–H and O–H groups in total. The van der Waals surface area contributed by atoms with Gasteiger partial charge in [0, 0.05) is 49.8 Å². The van der Waals surface area contributed by atoms with E-state index >= 15 is 0 Å². The summed E-state index contributed by atoms with van der Waals surface area (Å²) in [4.78, 5) is 5.19. The molecule has 0 saturated carbocycles. The number of hydrogen-bond acceptors (Lipinski definition) is 3. The van der Waals surface area contributed by atoms with Crippen LogP contribution in [0.5, 0.6) is 0 Å². The molecule has 0 atom stereocenters. The minimum Gasteiger partial charge on any atom is -0.455 e. The maximum atomic E-state index is 6.49. The highest BCUT2D eigenvalue weighted by Crippen LogP contribution is 2.41. The Morgan fingerprint density at radius 3 is 2.46 bits per heavy atom. The molecule has 194 valence electrons. The predicted octanol–water partition coefficient (Wildman–Crippen LogP) is 9.78. The van der Waals surface area contributed by atoms with Crippen LogP contribution in [0.4, 0.5) is 0 Å². The van der Waals surface area contributed by atoms with E-state index in [2.05, 4.69) is 98.6 Å². The molecular formula is C37H25N3O. The summed E-state index contributed by atoms with van der Waals surface area (Å²) >= 11 is 0. The standard InChI is InChI=1S/C37H25N3O/c1-3-4-14-31-23(2)33-20-17-26(22-40(33)39-31)24-10-9-11-25(21-24)36-30-19-18-28-27-12-6-8-16-34(27)41-37(28)35(30)29-13-5-7-15-32(29)38-36/h3-22H,1H2,2H3/b14-4-. The number of fused-ring (bicyclic) bond motifs is 8. The van der Waals surface area contributed by atoms with E-state index < -0.39 is 0 Å². The summed E-state index contributed by atoms with van der Waals surface area (Å²) in [6, 6.07) is 33.8. The Morgan fingerprint density at radius 1 is 0.756 bits per heavy atom. The monoisotopic (exact) mass is 527 g/mol. The third-order valence-electron chi connectivity index (χ3n) is 7.98. The molecular weight excluding hydrogens is 502 g/mol. The minimum atomic E-state index is 0.895. The zero-order valence-corrected chi connectivity index (χ0v) is 22.5. The van der Waals surface area contributed by atoms with Gasteiger partial charge in [-0.3, -0.25) is 0 Å². The van der Waals surface area contributed by atoms with Crippen LogP contribution in [0.15, 0.2) is 126 Å². The maximum absolute atomic E-state index is 6.49. The van der Waals surface area contributed by atoms with E-state index in [9.17, 15) is 0 Å². The molecule has 4 heterocycles. The van der Waals surface area contributed by atoms with Gasteiger partial charge in [0.2, 0.25) is 0 Å². The average molecular weight is 528 g/mol. The number of aromatic nitrogens is 3. The summed E-state index contributed by atoms with van der Waals surface area (Å²) in [7, 11) is 0. The fourth-order valence-corrected chi connectivity index (χ4v) is 5.96. The molecule has 0 bridgehead atoms. The SMILES string of the molecule is C=C/C=C\c1nn2cc(-c3cccc(-c4nc5ccccc5c5c4ccc4c6ccccc6oc45)c3)ccc2c1C. The average Bonchev–Trinajstić information content (AvgIpc) is 3.56. The van der Waals surface area contributed by atoms with Crippen LogP contribution in [-0.4, -0.2) is 14.6 Å².